The number of aromatic nitrogens is 1. The molecule has 0 N–H and O–H groups in total. The second-order valence-corrected chi connectivity index (χ2v) is 8.86. The summed E-state index contributed by atoms with van der Waals surface area (Å²) >= 11 is 6.04. The number of aryl methyl sites for hydroxylation is 1. The van der Waals surface area contributed by atoms with Gasteiger partial charge in [0.15, 0.2) is 11.7 Å². The van der Waals surface area contributed by atoms with Gasteiger partial charge in [-0.1, -0.05) is 23.7 Å². The molecular weight excluding hydrogens is 388 g/mol. The molecule has 2 heterocycles. The SMILES string of the molecule is CC(=O)[C@H]1CN(C2CCC(c3ncc(C)o3)CC2)[C@@H](Cc2ccc(Cl)cc2)CO1. The molecule has 0 radical (unpaired) electrons. The largest absolute Gasteiger partial charge is 0.446 e. The summed E-state index contributed by atoms with van der Waals surface area (Å²) in [6.07, 6.45) is 6.72. The Morgan fingerprint density at radius 1 is 1.21 bits per heavy atom. The Morgan fingerprint density at radius 3 is 2.55 bits per heavy atom. The molecule has 2 aliphatic rings. The number of rotatable bonds is 5. The topological polar surface area (TPSA) is 55.6 Å². The van der Waals surface area contributed by atoms with Crippen LogP contribution in [0.15, 0.2) is 34.9 Å². The number of Topliss-reactive ketones (excluding diaryl/α,β-unsaturated/α-hetero) is 1. The van der Waals surface area contributed by atoms with E-state index in [0.717, 1.165) is 48.8 Å². The van der Waals surface area contributed by atoms with Crippen molar-refractivity contribution < 1.29 is 13.9 Å². The van der Waals surface area contributed by atoms with Gasteiger partial charge in [0.2, 0.25) is 0 Å². The van der Waals surface area contributed by atoms with Crippen molar-refractivity contribution in [2.45, 2.75) is 70.1 Å². The fraction of sp³-hybridized carbons (Fsp3) is 0.565. The first-order valence-electron chi connectivity index (χ1n) is 10.5. The Labute approximate surface area is 177 Å². The molecular formula is C23H29ClN2O3. The van der Waals surface area contributed by atoms with Gasteiger partial charge in [-0.25, -0.2) is 4.98 Å². The number of oxazole rings is 1. The Hall–Kier alpha value is -1.69. The summed E-state index contributed by atoms with van der Waals surface area (Å²) < 4.78 is 11.7. The van der Waals surface area contributed by atoms with Gasteiger partial charge in [0.1, 0.15) is 11.9 Å². The molecule has 0 spiro atoms. The van der Waals surface area contributed by atoms with E-state index in [4.69, 9.17) is 20.8 Å². The molecule has 6 heteroatoms. The second-order valence-electron chi connectivity index (χ2n) is 8.43. The van der Waals surface area contributed by atoms with Crippen LogP contribution in [-0.2, 0) is 16.0 Å². The Kier molecular flexibility index (Phi) is 6.38. The zero-order valence-corrected chi connectivity index (χ0v) is 17.9. The van der Waals surface area contributed by atoms with Crippen molar-refractivity contribution in [3.8, 4) is 0 Å². The molecule has 0 unspecified atom stereocenters. The summed E-state index contributed by atoms with van der Waals surface area (Å²) in [4.78, 5) is 18.9. The quantitative estimate of drug-likeness (QED) is 0.714. The third kappa shape index (κ3) is 4.90. The van der Waals surface area contributed by atoms with Gasteiger partial charge >= 0.3 is 0 Å². The fourth-order valence-electron chi connectivity index (χ4n) is 4.69. The molecule has 2 fully saturated rings. The lowest BCUT2D eigenvalue weighted by Crippen LogP contribution is -2.56. The van der Waals surface area contributed by atoms with E-state index in [9.17, 15) is 4.79 Å². The van der Waals surface area contributed by atoms with Crippen molar-refractivity contribution in [2.24, 2.45) is 0 Å². The number of ether oxygens (including phenoxy) is 1. The standard InChI is InChI=1S/C23H29ClN2O3/c1-15-12-25-23(29-15)18-5-9-20(10-6-18)26-13-22(16(2)27)28-14-21(26)11-17-3-7-19(24)8-4-17/h3-4,7-8,12,18,20-22H,5-6,9-11,13-14H2,1-2H3/t18?,20?,21-,22+/m0/s1. The maximum atomic E-state index is 12.0. The van der Waals surface area contributed by atoms with E-state index in [1.165, 1.54) is 5.56 Å². The number of hydrogen-bond acceptors (Lipinski definition) is 5. The number of ketones is 1. The summed E-state index contributed by atoms with van der Waals surface area (Å²) in [6.45, 7) is 4.84. The van der Waals surface area contributed by atoms with Crippen LogP contribution in [-0.4, -0.2) is 47.0 Å². The highest BCUT2D eigenvalue weighted by Gasteiger charge is 2.37. The lowest BCUT2D eigenvalue weighted by Gasteiger charge is -2.45. The molecule has 1 aromatic carbocycles. The molecule has 2 aromatic rings. The zero-order valence-electron chi connectivity index (χ0n) is 17.1. The van der Waals surface area contributed by atoms with Gasteiger partial charge in [-0.2, -0.15) is 0 Å². The Morgan fingerprint density at radius 2 is 1.93 bits per heavy atom. The van der Waals surface area contributed by atoms with Crippen molar-refractivity contribution in [1.82, 2.24) is 9.88 Å². The molecule has 29 heavy (non-hydrogen) atoms. The van der Waals surface area contributed by atoms with Crippen LogP contribution in [0.4, 0.5) is 0 Å². The van der Waals surface area contributed by atoms with Gasteiger partial charge in [0.05, 0.1) is 12.8 Å². The van der Waals surface area contributed by atoms with Crippen LogP contribution in [0, 0.1) is 6.92 Å². The second kappa shape index (κ2) is 8.99. The smallest absolute Gasteiger partial charge is 0.197 e. The van der Waals surface area contributed by atoms with Crippen molar-refractivity contribution in [3.63, 3.8) is 0 Å². The summed E-state index contributed by atoms with van der Waals surface area (Å²) in [5, 5.41) is 0.752. The van der Waals surface area contributed by atoms with Crippen LogP contribution in [0.5, 0.6) is 0 Å². The van der Waals surface area contributed by atoms with E-state index in [-0.39, 0.29) is 17.9 Å². The predicted octanol–water partition coefficient (Wildman–Crippen LogP) is 4.56. The van der Waals surface area contributed by atoms with Gasteiger partial charge in [0, 0.05) is 29.6 Å². The van der Waals surface area contributed by atoms with Crippen LogP contribution in [0.2, 0.25) is 5.02 Å². The van der Waals surface area contributed by atoms with Gasteiger partial charge in [-0.3, -0.25) is 9.69 Å². The first kappa shape index (κ1) is 20.6. The van der Waals surface area contributed by atoms with E-state index >= 15 is 0 Å². The maximum absolute atomic E-state index is 12.0. The van der Waals surface area contributed by atoms with E-state index < -0.39 is 0 Å². The lowest BCUT2D eigenvalue weighted by molar-refractivity contribution is -0.141. The zero-order chi connectivity index (χ0) is 20.4. The monoisotopic (exact) mass is 416 g/mol. The average molecular weight is 417 g/mol. The van der Waals surface area contributed by atoms with Crippen LogP contribution >= 0.6 is 11.6 Å². The van der Waals surface area contributed by atoms with Gasteiger partial charge in [-0.05, 0) is 63.6 Å². The third-order valence-electron chi connectivity index (χ3n) is 6.33. The first-order chi connectivity index (χ1) is 14.0. The highest BCUT2D eigenvalue weighted by atomic mass is 35.5. The van der Waals surface area contributed by atoms with Gasteiger partial charge in [-0.15, -0.1) is 0 Å². The molecule has 0 amide bonds. The molecule has 1 saturated carbocycles. The number of benzene rings is 1. The van der Waals surface area contributed by atoms with Crippen LogP contribution in [0.1, 0.15) is 55.7 Å². The van der Waals surface area contributed by atoms with E-state index in [1.54, 1.807) is 6.92 Å². The molecule has 0 bridgehead atoms. The van der Waals surface area contributed by atoms with Crippen LogP contribution in [0.3, 0.4) is 0 Å². The highest BCUT2D eigenvalue weighted by molar-refractivity contribution is 6.30. The van der Waals surface area contributed by atoms with E-state index in [1.807, 2.05) is 25.3 Å². The van der Waals surface area contributed by atoms with Gasteiger partial charge in [0.25, 0.3) is 0 Å². The third-order valence-corrected chi connectivity index (χ3v) is 6.58. The van der Waals surface area contributed by atoms with Crippen molar-refractivity contribution in [1.29, 1.82) is 0 Å². The number of morpholine rings is 1. The first-order valence-corrected chi connectivity index (χ1v) is 10.9. The van der Waals surface area contributed by atoms with Gasteiger partial charge < -0.3 is 9.15 Å². The minimum atomic E-state index is -0.316. The van der Waals surface area contributed by atoms with Crippen molar-refractivity contribution in [3.05, 3.63) is 52.7 Å². The fourth-order valence-corrected chi connectivity index (χ4v) is 4.82. The minimum absolute atomic E-state index is 0.115. The summed E-state index contributed by atoms with van der Waals surface area (Å²) in [5.41, 5.74) is 1.25. The minimum Gasteiger partial charge on any atom is -0.446 e. The number of carbonyl (C=O) groups excluding carboxylic acids is 1. The van der Waals surface area contributed by atoms with E-state index in [2.05, 4.69) is 22.0 Å². The molecule has 1 aliphatic carbocycles. The summed E-state index contributed by atoms with van der Waals surface area (Å²) in [5.74, 6) is 2.27. The Balaban J connectivity index is 1.44. The highest BCUT2D eigenvalue weighted by Crippen LogP contribution is 2.36. The number of nitrogens with zero attached hydrogens (tertiary/aromatic N) is 2. The normalized spacial score (nSPS) is 28.4. The lowest BCUT2D eigenvalue weighted by atomic mass is 9.84. The summed E-state index contributed by atoms with van der Waals surface area (Å²) in [6, 6.07) is 8.78. The molecule has 156 valence electrons. The molecule has 2 atom stereocenters. The summed E-state index contributed by atoms with van der Waals surface area (Å²) in [7, 11) is 0. The molecule has 5 nitrogen and oxygen atoms in total. The van der Waals surface area contributed by atoms with Crippen LogP contribution < -0.4 is 0 Å². The molecule has 1 saturated heterocycles. The number of hydrogen-bond donors (Lipinski definition) is 0. The molecule has 1 aliphatic heterocycles. The van der Waals surface area contributed by atoms with Crippen LogP contribution in [0.25, 0.3) is 0 Å². The Bertz CT molecular complexity index is 827. The average Bonchev–Trinajstić information content (AvgIpc) is 3.16. The number of carbonyl (C=O) groups is 1. The maximum Gasteiger partial charge on any atom is 0.197 e. The van der Waals surface area contributed by atoms with Crippen molar-refractivity contribution >= 4 is 17.4 Å². The molecule has 1 aromatic heterocycles. The predicted molar refractivity (Wildman–Crippen MR) is 112 cm³/mol. The van der Waals surface area contributed by atoms with E-state index in [0.29, 0.717) is 25.1 Å². The number of halogens is 1. The molecule has 4 rings (SSSR count). The van der Waals surface area contributed by atoms with Crippen molar-refractivity contribution in [2.75, 3.05) is 13.2 Å².